The van der Waals surface area contributed by atoms with E-state index in [9.17, 15) is 9.00 Å². The predicted octanol–water partition coefficient (Wildman–Crippen LogP) is 2.12. The van der Waals surface area contributed by atoms with Crippen LogP contribution in [0.1, 0.15) is 52.4 Å². The summed E-state index contributed by atoms with van der Waals surface area (Å²) in [7, 11) is -0.766. The summed E-state index contributed by atoms with van der Waals surface area (Å²) >= 11 is 0. The Labute approximate surface area is 131 Å². The van der Waals surface area contributed by atoms with Gasteiger partial charge < -0.3 is 4.90 Å². The van der Waals surface area contributed by atoms with Gasteiger partial charge in [-0.15, -0.1) is 0 Å². The summed E-state index contributed by atoms with van der Waals surface area (Å²) in [5, 5.41) is 3.60. The molecule has 3 atom stereocenters. The van der Waals surface area contributed by atoms with Gasteiger partial charge in [0.05, 0.1) is 12.2 Å². The maximum absolute atomic E-state index is 12.7. The molecular weight excluding hydrogens is 284 g/mol. The van der Waals surface area contributed by atoms with Crippen molar-refractivity contribution in [3.63, 3.8) is 0 Å². The zero-order valence-electron chi connectivity index (χ0n) is 13.6. The Morgan fingerprint density at radius 3 is 2.57 bits per heavy atom. The third kappa shape index (κ3) is 4.52. The van der Waals surface area contributed by atoms with Gasteiger partial charge in [-0.3, -0.25) is 14.3 Å². The van der Waals surface area contributed by atoms with Crippen LogP contribution in [0, 0.1) is 11.8 Å². The zero-order chi connectivity index (χ0) is 15.4. The SMILES string of the molecule is CC(C)CC1NC(C2CCCC2)N(CCCS(C)=O)C1=O. The average Bonchev–Trinajstić information content (AvgIpc) is 3.00. The minimum Gasteiger partial charge on any atom is -0.325 e. The van der Waals surface area contributed by atoms with Crippen molar-refractivity contribution in [2.75, 3.05) is 18.6 Å². The van der Waals surface area contributed by atoms with E-state index in [-0.39, 0.29) is 18.1 Å². The van der Waals surface area contributed by atoms with Gasteiger partial charge in [-0.2, -0.15) is 0 Å². The van der Waals surface area contributed by atoms with E-state index < -0.39 is 10.8 Å². The van der Waals surface area contributed by atoms with Crippen molar-refractivity contribution < 1.29 is 9.00 Å². The Hall–Kier alpha value is -0.420. The third-order valence-corrected chi connectivity index (χ3v) is 5.54. The van der Waals surface area contributed by atoms with Gasteiger partial charge in [-0.25, -0.2) is 0 Å². The molecule has 0 aromatic heterocycles. The molecule has 5 heteroatoms. The summed E-state index contributed by atoms with van der Waals surface area (Å²) in [4.78, 5) is 14.7. The molecule has 2 aliphatic rings. The fourth-order valence-corrected chi connectivity index (χ4v) is 4.23. The second-order valence-corrected chi connectivity index (χ2v) is 8.56. The zero-order valence-corrected chi connectivity index (χ0v) is 14.5. The summed E-state index contributed by atoms with van der Waals surface area (Å²) in [6.07, 6.45) is 8.75. The first-order valence-electron chi connectivity index (χ1n) is 8.35. The van der Waals surface area contributed by atoms with E-state index in [0.29, 0.717) is 17.6 Å². The molecule has 21 heavy (non-hydrogen) atoms. The number of amides is 1. The standard InChI is InChI=1S/C16H30N2O2S/c1-12(2)11-14-16(19)18(9-6-10-21(3)20)15(17-14)13-7-4-5-8-13/h12-15,17H,4-11H2,1-3H3. The van der Waals surface area contributed by atoms with Crippen molar-refractivity contribution in [1.29, 1.82) is 0 Å². The maximum Gasteiger partial charge on any atom is 0.241 e. The van der Waals surface area contributed by atoms with Crippen molar-refractivity contribution in [2.24, 2.45) is 11.8 Å². The largest absolute Gasteiger partial charge is 0.325 e. The van der Waals surface area contributed by atoms with E-state index in [1.54, 1.807) is 6.26 Å². The number of hydrogen-bond acceptors (Lipinski definition) is 3. The van der Waals surface area contributed by atoms with Crippen LogP contribution in [-0.2, 0) is 15.6 Å². The van der Waals surface area contributed by atoms with E-state index in [1.807, 2.05) is 0 Å². The van der Waals surface area contributed by atoms with E-state index in [1.165, 1.54) is 25.7 Å². The summed E-state index contributed by atoms with van der Waals surface area (Å²) in [5.74, 6) is 2.09. The van der Waals surface area contributed by atoms with Crippen molar-refractivity contribution in [3.8, 4) is 0 Å². The molecule has 4 nitrogen and oxygen atoms in total. The lowest BCUT2D eigenvalue weighted by molar-refractivity contribution is -0.130. The van der Waals surface area contributed by atoms with Crippen molar-refractivity contribution in [3.05, 3.63) is 0 Å². The quantitative estimate of drug-likeness (QED) is 0.783. The van der Waals surface area contributed by atoms with Gasteiger partial charge in [0.1, 0.15) is 0 Å². The van der Waals surface area contributed by atoms with Crippen LogP contribution in [0.25, 0.3) is 0 Å². The number of carbonyl (C=O) groups is 1. The summed E-state index contributed by atoms with van der Waals surface area (Å²) in [6.45, 7) is 5.09. The molecule has 0 aromatic rings. The molecule has 1 N–H and O–H groups in total. The highest BCUT2D eigenvalue weighted by molar-refractivity contribution is 7.84. The first-order chi connectivity index (χ1) is 9.99. The van der Waals surface area contributed by atoms with Crippen molar-refractivity contribution in [2.45, 2.75) is 64.6 Å². The fourth-order valence-electron chi connectivity index (χ4n) is 3.70. The van der Waals surface area contributed by atoms with Crippen LogP contribution in [-0.4, -0.2) is 45.8 Å². The van der Waals surface area contributed by atoms with Gasteiger partial charge in [0.25, 0.3) is 0 Å². The van der Waals surface area contributed by atoms with E-state index in [2.05, 4.69) is 24.1 Å². The minimum absolute atomic E-state index is 0.0114. The molecule has 2 rings (SSSR count). The number of carbonyl (C=O) groups excluding carboxylic acids is 1. The second-order valence-electron chi connectivity index (χ2n) is 7.00. The van der Waals surface area contributed by atoms with Crippen molar-refractivity contribution >= 4 is 16.7 Å². The Balaban J connectivity index is 2.00. The van der Waals surface area contributed by atoms with Crippen LogP contribution >= 0.6 is 0 Å². The summed E-state index contributed by atoms with van der Waals surface area (Å²) in [5.41, 5.74) is 0. The molecule has 0 spiro atoms. The molecule has 1 heterocycles. The normalized spacial score (nSPS) is 28.8. The molecule has 3 unspecified atom stereocenters. The molecule has 0 aromatic carbocycles. The van der Waals surface area contributed by atoms with Gasteiger partial charge in [0.15, 0.2) is 0 Å². The highest BCUT2D eigenvalue weighted by Gasteiger charge is 2.42. The van der Waals surface area contributed by atoms with Crippen LogP contribution in [0.2, 0.25) is 0 Å². The fraction of sp³-hybridized carbons (Fsp3) is 0.938. The Bertz CT molecular complexity index is 380. The minimum atomic E-state index is -0.766. The Morgan fingerprint density at radius 2 is 2.00 bits per heavy atom. The van der Waals surface area contributed by atoms with Gasteiger partial charge in [-0.05, 0) is 37.5 Å². The van der Waals surface area contributed by atoms with E-state index >= 15 is 0 Å². The molecule has 1 aliphatic carbocycles. The topological polar surface area (TPSA) is 49.4 Å². The molecule has 0 radical (unpaired) electrons. The lowest BCUT2D eigenvalue weighted by Gasteiger charge is -2.29. The average molecular weight is 314 g/mol. The van der Waals surface area contributed by atoms with Crippen LogP contribution in [0.4, 0.5) is 0 Å². The van der Waals surface area contributed by atoms with Gasteiger partial charge in [0.2, 0.25) is 5.91 Å². The lowest BCUT2D eigenvalue weighted by Crippen LogP contribution is -2.43. The Morgan fingerprint density at radius 1 is 1.33 bits per heavy atom. The van der Waals surface area contributed by atoms with Crippen LogP contribution in [0.15, 0.2) is 0 Å². The van der Waals surface area contributed by atoms with Gasteiger partial charge in [-0.1, -0.05) is 26.7 Å². The van der Waals surface area contributed by atoms with Crippen LogP contribution in [0.5, 0.6) is 0 Å². The van der Waals surface area contributed by atoms with Crippen LogP contribution in [0.3, 0.4) is 0 Å². The van der Waals surface area contributed by atoms with Crippen LogP contribution < -0.4 is 5.32 Å². The molecule has 1 amide bonds. The predicted molar refractivity (Wildman–Crippen MR) is 87.4 cm³/mol. The highest BCUT2D eigenvalue weighted by atomic mass is 32.2. The summed E-state index contributed by atoms with van der Waals surface area (Å²) < 4.78 is 11.2. The number of hydrogen-bond donors (Lipinski definition) is 1. The second kappa shape index (κ2) is 7.73. The molecule has 2 fully saturated rings. The molecule has 1 aliphatic heterocycles. The van der Waals surface area contributed by atoms with E-state index in [0.717, 1.165) is 19.4 Å². The summed E-state index contributed by atoms with van der Waals surface area (Å²) in [6, 6.07) is -0.0114. The monoisotopic (exact) mass is 314 g/mol. The molecule has 1 saturated carbocycles. The van der Waals surface area contributed by atoms with Gasteiger partial charge in [0, 0.05) is 29.4 Å². The third-order valence-electron chi connectivity index (χ3n) is 4.67. The Kier molecular flexibility index (Phi) is 6.23. The number of rotatable bonds is 7. The first-order valence-corrected chi connectivity index (χ1v) is 10.1. The lowest BCUT2D eigenvalue weighted by atomic mass is 10.0. The molecule has 1 saturated heterocycles. The number of nitrogens with one attached hydrogen (secondary N) is 1. The first kappa shape index (κ1) is 16.9. The van der Waals surface area contributed by atoms with Crippen molar-refractivity contribution in [1.82, 2.24) is 10.2 Å². The molecular formula is C16H30N2O2S. The highest BCUT2D eigenvalue weighted by Crippen LogP contribution is 2.32. The molecule has 0 bridgehead atoms. The van der Waals surface area contributed by atoms with E-state index in [4.69, 9.17) is 0 Å². The maximum atomic E-state index is 12.7. The molecule has 122 valence electrons. The number of nitrogens with zero attached hydrogens (tertiary/aromatic N) is 1. The smallest absolute Gasteiger partial charge is 0.241 e. The van der Waals surface area contributed by atoms with Gasteiger partial charge >= 0.3 is 0 Å².